The molecule has 0 saturated heterocycles. The minimum absolute atomic E-state index is 0.0502. The highest BCUT2D eigenvalue weighted by molar-refractivity contribution is 6.39. The third-order valence-electron chi connectivity index (χ3n) is 4.30. The predicted molar refractivity (Wildman–Crippen MR) is 101 cm³/mol. The molecule has 0 fully saturated rings. The van der Waals surface area contributed by atoms with Crippen molar-refractivity contribution >= 4 is 27.4 Å². The molecule has 0 aliphatic rings. The molecular weight excluding hydrogens is 344 g/mol. The summed E-state index contributed by atoms with van der Waals surface area (Å²) >= 11 is 0. The van der Waals surface area contributed by atoms with Crippen LogP contribution in [0, 0.1) is 6.92 Å². The van der Waals surface area contributed by atoms with Gasteiger partial charge >= 0.3 is 11.9 Å². The summed E-state index contributed by atoms with van der Waals surface area (Å²) in [5, 5.41) is 20.0. The Hall–Kier alpha value is -3.18. The van der Waals surface area contributed by atoms with E-state index < -0.39 is 11.9 Å². The van der Waals surface area contributed by atoms with E-state index in [-0.39, 0.29) is 16.3 Å². The number of carboxylic acids is 2. The lowest BCUT2D eigenvalue weighted by Crippen LogP contribution is -2.25. The molecule has 0 atom stereocenters. The standard InChI is InChI=1S/C21H15O4Si/c1-12-15(20(22)23)16(13-8-4-2-5-9-13)17(14-10-6-3-7-11-14)18(19(12)26)21(24)25/h2-11H,1H3,(H,22,23)(H,24,25). The Labute approximate surface area is 154 Å². The number of carbonyl (C=O) groups is 2. The Morgan fingerprint density at radius 3 is 1.50 bits per heavy atom. The molecule has 0 saturated carbocycles. The first-order valence-corrected chi connectivity index (χ1v) is 8.43. The van der Waals surface area contributed by atoms with Gasteiger partial charge in [-0.1, -0.05) is 60.7 Å². The van der Waals surface area contributed by atoms with Crippen molar-refractivity contribution in [1.29, 1.82) is 0 Å². The Kier molecular flexibility index (Phi) is 4.73. The number of carboxylic acid groups (broad SMARTS) is 2. The Balaban J connectivity index is 2.58. The Morgan fingerprint density at radius 1 is 0.731 bits per heavy atom. The fourth-order valence-electron chi connectivity index (χ4n) is 3.14. The van der Waals surface area contributed by atoms with Crippen LogP contribution in [0.1, 0.15) is 26.3 Å². The molecule has 26 heavy (non-hydrogen) atoms. The average molecular weight is 359 g/mol. The predicted octanol–water partition coefficient (Wildman–Crippen LogP) is 3.52. The molecule has 0 spiro atoms. The van der Waals surface area contributed by atoms with Gasteiger partial charge in [0.15, 0.2) is 0 Å². The second-order valence-corrected chi connectivity index (χ2v) is 6.34. The number of hydrogen-bond acceptors (Lipinski definition) is 2. The van der Waals surface area contributed by atoms with Gasteiger partial charge in [-0.3, -0.25) is 0 Å². The van der Waals surface area contributed by atoms with Gasteiger partial charge in [-0.25, -0.2) is 9.59 Å². The monoisotopic (exact) mass is 359 g/mol. The molecule has 5 heteroatoms. The smallest absolute Gasteiger partial charge is 0.336 e. The summed E-state index contributed by atoms with van der Waals surface area (Å²) in [4.78, 5) is 24.1. The molecule has 4 nitrogen and oxygen atoms in total. The lowest BCUT2D eigenvalue weighted by Gasteiger charge is -2.21. The zero-order valence-corrected chi connectivity index (χ0v) is 15.0. The van der Waals surface area contributed by atoms with Gasteiger partial charge in [0.05, 0.1) is 21.4 Å². The lowest BCUT2D eigenvalue weighted by molar-refractivity contribution is 0.0683. The van der Waals surface area contributed by atoms with Crippen LogP contribution < -0.4 is 5.19 Å². The van der Waals surface area contributed by atoms with Gasteiger partial charge in [-0.15, -0.1) is 0 Å². The third kappa shape index (κ3) is 2.93. The van der Waals surface area contributed by atoms with E-state index in [0.717, 1.165) is 0 Å². The average Bonchev–Trinajstić information content (AvgIpc) is 2.64. The van der Waals surface area contributed by atoms with E-state index in [1.165, 1.54) is 0 Å². The fourth-order valence-corrected chi connectivity index (χ4v) is 3.50. The van der Waals surface area contributed by atoms with E-state index in [1.807, 2.05) is 12.1 Å². The van der Waals surface area contributed by atoms with E-state index >= 15 is 0 Å². The molecule has 0 amide bonds. The van der Waals surface area contributed by atoms with Crippen molar-refractivity contribution in [3.05, 3.63) is 77.4 Å². The first kappa shape index (κ1) is 17.6. The van der Waals surface area contributed by atoms with Crippen LogP contribution in [-0.2, 0) is 0 Å². The van der Waals surface area contributed by atoms with Gasteiger partial charge in [-0.05, 0) is 28.8 Å². The third-order valence-corrected chi connectivity index (χ3v) is 4.93. The summed E-state index contributed by atoms with van der Waals surface area (Å²) in [6.45, 7) is 1.61. The zero-order valence-electron chi connectivity index (χ0n) is 14.0. The van der Waals surface area contributed by atoms with Crippen LogP contribution in [0.2, 0.25) is 0 Å². The largest absolute Gasteiger partial charge is 0.478 e. The van der Waals surface area contributed by atoms with Crippen LogP contribution in [0.15, 0.2) is 60.7 Å². The van der Waals surface area contributed by atoms with Gasteiger partial charge in [0.25, 0.3) is 0 Å². The van der Waals surface area contributed by atoms with Crippen LogP contribution in [0.3, 0.4) is 0 Å². The molecule has 3 rings (SSSR count). The topological polar surface area (TPSA) is 74.6 Å². The summed E-state index contributed by atoms with van der Waals surface area (Å²) < 4.78 is 0. The molecular formula is C21H15O4Si. The Morgan fingerprint density at radius 2 is 1.12 bits per heavy atom. The molecule has 3 radical (unpaired) electrons. The maximum Gasteiger partial charge on any atom is 0.336 e. The minimum Gasteiger partial charge on any atom is -0.478 e. The molecule has 0 unspecified atom stereocenters. The van der Waals surface area contributed by atoms with Crippen molar-refractivity contribution in [2.45, 2.75) is 6.92 Å². The first-order chi connectivity index (χ1) is 12.4. The quantitative estimate of drug-likeness (QED) is 0.699. The normalized spacial score (nSPS) is 10.5. The summed E-state index contributed by atoms with van der Waals surface area (Å²) in [6, 6.07) is 18.0. The molecule has 0 aliphatic carbocycles. The summed E-state index contributed by atoms with van der Waals surface area (Å²) in [7, 11) is 3.37. The van der Waals surface area contributed by atoms with Gasteiger partial charge in [-0.2, -0.15) is 0 Å². The van der Waals surface area contributed by atoms with Crippen molar-refractivity contribution in [3.63, 3.8) is 0 Å². The maximum atomic E-state index is 12.1. The highest BCUT2D eigenvalue weighted by atomic mass is 28.1. The number of hydrogen-bond donors (Lipinski definition) is 2. The van der Waals surface area contributed by atoms with Crippen molar-refractivity contribution in [3.8, 4) is 22.3 Å². The fraction of sp³-hybridized carbons (Fsp3) is 0.0476. The van der Waals surface area contributed by atoms with Gasteiger partial charge in [0, 0.05) is 11.1 Å². The van der Waals surface area contributed by atoms with E-state index in [2.05, 4.69) is 10.2 Å². The highest BCUT2D eigenvalue weighted by Gasteiger charge is 2.28. The molecule has 0 aromatic heterocycles. The summed E-state index contributed by atoms with van der Waals surface area (Å²) in [6.07, 6.45) is 0. The number of rotatable bonds is 4. The molecule has 3 aromatic carbocycles. The van der Waals surface area contributed by atoms with E-state index in [1.54, 1.807) is 55.5 Å². The Bertz CT molecular complexity index is 913. The molecule has 0 bridgehead atoms. The summed E-state index contributed by atoms with van der Waals surface area (Å²) in [5.74, 6) is -2.22. The maximum absolute atomic E-state index is 12.1. The summed E-state index contributed by atoms with van der Waals surface area (Å²) in [5.41, 5.74) is 2.61. The second-order valence-electron chi connectivity index (χ2n) is 5.84. The molecule has 0 aliphatic heterocycles. The van der Waals surface area contributed by atoms with E-state index in [0.29, 0.717) is 27.8 Å². The van der Waals surface area contributed by atoms with Crippen LogP contribution in [-0.4, -0.2) is 32.4 Å². The second kappa shape index (κ2) is 6.97. The van der Waals surface area contributed by atoms with Crippen molar-refractivity contribution < 1.29 is 19.8 Å². The van der Waals surface area contributed by atoms with Crippen LogP contribution >= 0.6 is 0 Å². The SMILES string of the molecule is Cc1c([Si])c(C(=O)O)c(-c2ccccc2)c(-c2ccccc2)c1C(=O)O. The van der Waals surface area contributed by atoms with Crippen LogP contribution in [0.4, 0.5) is 0 Å². The van der Waals surface area contributed by atoms with Crippen molar-refractivity contribution in [2.75, 3.05) is 0 Å². The van der Waals surface area contributed by atoms with Gasteiger partial charge in [0.1, 0.15) is 0 Å². The van der Waals surface area contributed by atoms with Gasteiger partial charge < -0.3 is 10.2 Å². The van der Waals surface area contributed by atoms with Gasteiger partial charge in [0.2, 0.25) is 0 Å². The van der Waals surface area contributed by atoms with Crippen molar-refractivity contribution in [1.82, 2.24) is 0 Å². The number of benzene rings is 3. The molecule has 2 N–H and O–H groups in total. The highest BCUT2D eigenvalue weighted by Crippen LogP contribution is 2.38. The van der Waals surface area contributed by atoms with Crippen LogP contribution in [0.5, 0.6) is 0 Å². The zero-order chi connectivity index (χ0) is 18.8. The van der Waals surface area contributed by atoms with E-state index in [4.69, 9.17) is 0 Å². The van der Waals surface area contributed by atoms with Crippen molar-refractivity contribution in [2.24, 2.45) is 0 Å². The number of aromatic carboxylic acids is 2. The van der Waals surface area contributed by atoms with Crippen LogP contribution in [0.25, 0.3) is 22.3 Å². The lowest BCUT2D eigenvalue weighted by atomic mass is 9.84. The molecule has 0 heterocycles. The molecule has 127 valence electrons. The molecule has 3 aromatic rings. The van der Waals surface area contributed by atoms with E-state index in [9.17, 15) is 19.8 Å². The first-order valence-electron chi connectivity index (χ1n) is 7.93. The minimum atomic E-state index is -1.12.